The van der Waals surface area contributed by atoms with Crippen molar-refractivity contribution in [1.29, 1.82) is 0 Å². The first-order valence-corrected chi connectivity index (χ1v) is 15.4. The van der Waals surface area contributed by atoms with Gasteiger partial charge in [0, 0.05) is 23.5 Å². The van der Waals surface area contributed by atoms with Crippen LogP contribution < -0.4 is 0 Å². The molecule has 3 rings (SSSR count). The molecule has 0 spiro atoms. The number of thioether (sulfide) groups is 1. The molecule has 1 aliphatic heterocycles. The summed E-state index contributed by atoms with van der Waals surface area (Å²) >= 11 is 1.90. The Hall–Kier alpha value is -2.23. The van der Waals surface area contributed by atoms with Crippen molar-refractivity contribution in [2.75, 3.05) is 29.3 Å². The summed E-state index contributed by atoms with van der Waals surface area (Å²) in [7, 11) is -7.34. The van der Waals surface area contributed by atoms with Crippen molar-refractivity contribution in [2.24, 2.45) is 0 Å². The topological polar surface area (TPSA) is 170 Å². The lowest BCUT2D eigenvalue weighted by Gasteiger charge is -2.33. The second-order valence-corrected chi connectivity index (χ2v) is 14.0. The van der Waals surface area contributed by atoms with E-state index in [1.165, 1.54) is 11.1 Å². The predicted octanol–water partition coefficient (Wildman–Crippen LogP) is 4.84. The van der Waals surface area contributed by atoms with Gasteiger partial charge in [0.1, 0.15) is 12.1 Å². The molecule has 0 radical (unpaired) electrons. The summed E-state index contributed by atoms with van der Waals surface area (Å²) in [6, 6.07) is 1.13. The van der Waals surface area contributed by atoms with Gasteiger partial charge < -0.3 is 0 Å². The molecule has 0 aromatic heterocycles. The average molecular weight is 537 g/mol. The van der Waals surface area contributed by atoms with Crippen LogP contribution in [0.15, 0.2) is 28.2 Å². The fraction of sp³-hybridized carbons (Fsp3) is 0.579. The van der Waals surface area contributed by atoms with Crippen LogP contribution in [-0.4, -0.2) is 57.0 Å². The monoisotopic (exact) mass is 536 g/mol. The minimum absolute atomic E-state index is 0.00663. The van der Waals surface area contributed by atoms with Crippen molar-refractivity contribution in [2.45, 2.75) is 43.4 Å². The fourth-order valence-electron chi connectivity index (χ4n) is 4.12. The zero-order chi connectivity index (χ0) is 25.1. The van der Waals surface area contributed by atoms with Gasteiger partial charge >= 0.3 is 27.2 Å². The minimum Gasteiger partial charge on any atom is -0.281 e. The van der Waals surface area contributed by atoms with E-state index in [9.17, 15) is 38.1 Å². The molecule has 12 nitrogen and oxygen atoms in total. The number of nitro benzene ring substituents is 2. The highest BCUT2D eigenvalue weighted by Gasteiger charge is 2.41. The number of hydrogen-bond acceptors (Lipinski definition) is 9. The maximum Gasteiger partial charge on any atom is 0.331 e. The maximum absolute atomic E-state index is 13.0. The van der Waals surface area contributed by atoms with E-state index in [2.05, 4.69) is 0 Å². The Balaban J connectivity index is 2.00. The fourth-order valence-corrected chi connectivity index (χ4v) is 8.65. The van der Waals surface area contributed by atoms with E-state index in [1.54, 1.807) is 0 Å². The number of hydrogen-bond donors (Lipinski definition) is 1. The predicted molar refractivity (Wildman–Crippen MR) is 129 cm³/mol. The lowest BCUT2D eigenvalue weighted by atomic mass is 9.94. The molecule has 1 aliphatic carbocycles. The molecule has 0 bridgehead atoms. The Labute approximate surface area is 202 Å². The molecule has 0 amide bonds. The van der Waals surface area contributed by atoms with Gasteiger partial charge in [0.2, 0.25) is 4.90 Å². The lowest BCUT2D eigenvalue weighted by Crippen LogP contribution is -2.20. The van der Waals surface area contributed by atoms with Gasteiger partial charge in [0.15, 0.2) is 0 Å². The van der Waals surface area contributed by atoms with Crippen LogP contribution in [-0.2, 0) is 14.4 Å². The highest BCUT2D eigenvalue weighted by atomic mass is 32.3. The van der Waals surface area contributed by atoms with E-state index >= 15 is 0 Å². The quantitative estimate of drug-likeness (QED) is 0.230. The van der Waals surface area contributed by atoms with E-state index in [-0.39, 0.29) is 4.92 Å². The Morgan fingerprint density at radius 1 is 1.00 bits per heavy atom. The summed E-state index contributed by atoms with van der Waals surface area (Å²) in [6.45, 7) is 0. The van der Waals surface area contributed by atoms with Crippen LogP contribution in [0.25, 0.3) is 0 Å². The first kappa shape index (κ1) is 26.4. The van der Waals surface area contributed by atoms with Gasteiger partial charge in [-0.15, -0.1) is 0 Å². The molecule has 1 aromatic rings. The van der Waals surface area contributed by atoms with Gasteiger partial charge in [-0.3, -0.25) is 24.8 Å². The van der Waals surface area contributed by atoms with Crippen LogP contribution in [0.1, 0.15) is 38.5 Å². The van der Waals surface area contributed by atoms with Crippen molar-refractivity contribution in [3.63, 3.8) is 0 Å². The van der Waals surface area contributed by atoms with Crippen LogP contribution in [0.5, 0.6) is 0 Å². The second kappa shape index (κ2) is 10.6. The van der Waals surface area contributed by atoms with E-state index in [0.29, 0.717) is 23.6 Å². The van der Waals surface area contributed by atoms with Gasteiger partial charge in [0.05, 0.1) is 14.8 Å². The van der Waals surface area contributed by atoms with Crippen LogP contribution in [0.3, 0.4) is 0 Å². The van der Waals surface area contributed by atoms with E-state index in [0.717, 1.165) is 50.0 Å². The van der Waals surface area contributed by atoms with Gasteiger partial charge in [-0.25, -0.2) is 0 Å². The molecule has 1 atom stereocenters. The van der Waals surface area contributed by atoms with Crippen molar-refractivity contribution in [3.05, 3.63) is 48.4 Å². The third-order valence-corrected chi connectivity index (χ3v) is 10.4. The summed E-state index contributed by atoms with van der Waals surface area (Å²) in [5.74, 6) is 3.11. The summed E-state index contributed by atoms with van der Waals surface area (Å²) in [5, 5.41) is 22.9. The van der Waals surface area contributed by atoms with Crippen molar-refractivity contribution in [3.8, 4) is 0 Å². The molecule has 0 saturated carbocycles. The zero-order valence-corrected chi connectivity index (χ0v) is 21.0. The molecule has 0 fully saturated rings. The highest BCUT2D eigenvalue weighted by molar-refractivity contribution is 8.29. The number of nitro groups is 2. The van der Waals surface area contributed by atoms with Gasteiger partial charge in [-0.1, -0.05) is 11.1 Å². The molecule has 0 saturated heterocycles. The lowest BCUT2D eigenvalue weighted by molar-refractivity contribution is -0.696. The third-order valence-electron chi connectivity index (χ3n) is 5.72. The van der Waals surface area contributed by atoms with Gasteiger partial charge in [-0.05, 0) is 54.6 Å². The normalized spacial score (nSPS) is 23.8. The third kappa shape index (κ3) is 6.25. The summed E-state index contributed by atoms with van der Waals surface area (Å²) < 4.78 is 38.4. The average Bonchev–Trinajstić information content (AvgIpc) is 2.75. The minimum atomic E-state index is -5.31. The number of nitrogens with zero attached hydrogens (tertiary/aromatic N) is 3. The Morgan fingerprint density at radius 3 is 2.15 bits per heavy atom. The van der Waals surface area contributed by atoms with E-state index in [1.807, 2.05) is 18.0 Å². The first-order valence-electron chi connectivity index (χ1n) is 10.5. The van der Waals surface area contributed by atoms with Crippen LogP contribution in [0, 0.1) is 25.1 Å². The Bertz CT molecular complexity index is 1120. The van der Waals surface area contributed by atoms with Gasteiger partial charge in [0.25, 0.3) is 4.92 Å². The summed E-state index contributed by atoms with van der Waals surface area (Å²) in [6.07, 6.45) is 7.70. The molecule has 2 aliphatic rings. The molecule has 1 N–H and O–H groups in total. The molecular formula is C19H26N3O9S3+. The van der Waals surface area contributed by atoms with Crippen molar-refractivity contribution < 1.29 is 32.0 Å². The van der Waals surface area contributed by atoms with E-state index < -0.39 is 52.2 Å². The SMILES string of the molecule is CS1(O[N+](=O)c2cc([N+](=O)[O-])c(S(=O)(=O)O)c([N+](=O)[O-])c2)CCCCSCC2=C(CCCC2)C1. The molecule has 15 heteroatoms. The number of benzene rings is 1. The molecule has 1 unspecified atom stereocenters. The van der Waals surface area contributed by atoms with Crippen LogP contribution in [0.2, 0.25) is 0 Å². The van der Waals surface area contributed by atoms with Gasteiger partial charge in [-0.2, -0.15) is 24.5 Å². The van der Waals surface area contributed by atoms with Crippen molar-refractivity contribution in [1.82, 2.24) is 0 Å². The summed E-state index contributed by atoms with van der Waals surface area (Å²) in [5.41, 5.74) is -0.509. The molecule has 1 heterocycles. The molecule has 188 valence electrons. The van der Waals surface area contributed by atoms with E-state index in [4.69, 9.17) is 4.28 Å². The molecule has 1 aromatic carbocycles. The highest BCUT2D eigenvalue weighted by Crippen LogP contribution is 2.51. The molecular weight excluding hydrogens is 510 g/mol. The molecule has 34 heavy (non-hydrogen) atoms. The standard InChI is InChI=1S/C19H25N3O9S3/c1-33(9-5-4-8-32-12-14-6-2-3-7-15(14)13-33)31-22(27)16-10-17(20(23)24)19(34(28,29)30)18(11-16)21(25)26/h10-11H,2-9,12-13H2,1H3/p+1. The zero-order valence-electron chi connectivity index (χ0n) is 18.5. The number of rotatable bonds is 6. The first-order chi connectivity index (χ1) is 15.9. The second-order valence-electron chi connectivity index (χ2n) is 8.34. The summed E-state index contributed by atoms with van der Waals surface area (Å²) in [4.78, 5) is 31.9. The maximum atomic E-state index is 13.0. The smallest absolute Gasteiger partial charge is 0.281 e. The van der Waals surface area contributed by atoms with Crippen molar-refractivity contribution >= 4 is 49.3 Å². The van der Waals surface area contributed by atoms with Crippen LogP contribution in [0.4, 0.5) is 17.1 Å². The Morgan fingerprint density at radius 2 is 1.59 bits per heavy atom. The largest absolute Gasteiger partial charge is 0.331 e. The Kier molecular flexibility index (Phi) is 8.21. The van der Waals surface area contributed by atoms with Crippen LogP contribution >= 0.6 is 22.1 Å².